The number of ether oxygens (including phenoxy) is 1. The SMILES string of the molecule is COCCN(C1CC1)S(=O)(=O)c1cc(F)ccc1N. The molecular weight excluding hydrogens is 271 g/mol. The van der Waals surface area contributed by atoms with Crippen LogP contribution in [0.2, 0.25) is 0 Å². The molecule has 0 atom stereocenters. The van der Waals surface area contributed by atoms with Crippen molar-refractivity contribution in [3.63, 3.8) is 0 Å². The Bertz CT molecular complexity index is 558. The highest BCUT2D eigenvalue weighted by atomic mass is 32.2. The van der Waals surface area contributed by atoms with Gasteiger partial charge >= 0.3 is 0 Å². The fourth-order valence-corrected chi connectivity index (χ4v) is 3.70. The molecule has 1 aromatic rings. The number of nitrogens with two attached hydrogens (primary N) is 1. The molecule has 0 unspecified atom stereocenters. The van der Waals surface area contributed by atoms with Crippen molar-refractivity contribution >= 4 is 15.7 Å². The van der Waals surface area contributed by atoms with Gasteiger partial charge in [0.2, 0.25) is 10.0 Å². The zero-order valence-corrected chi connectivity index (χ0v) is 11.5. The molecule has 106 valence electrons. The summed E-state index contributed by atoms with van der Waals surface area (Å²) < 4.78 is 44.6. The maximum Gasteiger partial charge on any atom is 0.245 e. The van der Waals surface area contributed by atoms with E-state index in [1.807, 2.05) is 0 Å². The number of hydrogen-bond donors (Lipinski definition) is 1. The summed E-state index contributed by atoms with van der Waals surface area (Å²) in [6.07, 6.45) is 1.64. The fourth-order valence-electron chi connectivity index (χ4n) is 1.90. The Kier molecular flexibility index (Phi) is 4.07. The number of sulfonamides is 1. The first kappa shape index (κ1) is 14.2. The van der Waals surface area contributed by atoms with E-state index in [-0.39, 0.29) is 23.2 Å². The molecule has 0 amide bonds. The summed E-state index contributed by atoms with van der Waals surface area (Å²) in [7, 11) is -2.27. The van der Waals surface area contributed by atoms with Crippen molar-refractivity contribution in [2.75, 3.05) is 26.0 Å². The first-order chi connectivity index (χ1) is 8.96. The summed E-state index contributed by atoms with van der Waals surface area (Å²) in [4.78, 5) is -0.171. The van der Waals surface area contributed by atoms with E-state index in [2.05, 4.69) is 0 Å². The summed E-state index contributed by atoms with van der Waals surface area (Å²) in [5.74, 6) is -0.615. The molecule has 1 aromatic carbocycles. The third-order valence-corrected chi connectivity index (χ3v) is 5.04. The predicted octanol–water partition coefficient (Wildman–Crippen LogP) is 1.21. The number of nitrogen functional groups attached to an aromatic ring is 1. The topological polar surface area (TPSA) is 72.6 Å². The van der Waals surface area contributed by atoms with Gasteiger partial charge in [-0.2, -0.15) is 4.31 Å². The second-order valence-electron chi connectivity index (χ2n) is 4.52. The number of methoxy groups -OCH3 is 1. The minimum atomic E-state index is -3.77. The summed E-state index contributed by atoms with van der Waals surface area (Å²) in [6, 6.07) is 3.35. The molecule has 1 aliphatic carbocycles. The van der Waals surface area contributed by atoms with Gasteiger partial charge in [-0.25, -0.2) is 12.8 Å². The molecule has 1 saturated carbocycles. The van der Waals surface area contributed by atoms with Crippen LogP contribution in [0.5, 0.6) is 0 Å². The van der Waals surface area contributed by atoms with Gasteiger partial charge in [-0.15, -0.1) is 0 Å². The molecule has 19 heavy (non-hydrogen) atoms. The third kappa shape index (κ3) is 3.05. The lowest BCUT2D eigenvalue weighted by atomic mass is 10.3. The molecule has 0 aromatic heterocycles. The van der Waals surface area contributed by atoms with Crippen molar-refractivity contribution in [2.45, 2.75) is 23.8 Å². The molecule has 7 heteroatoms. The summed E-state index contributed by atoms with van der Waals surface area (Å²) in [5, 5.41) is 0. The molecule has 1 aliphatic rings. The number of rotatable bonds is 6. The molecular formula is C12H17FN2O3S. The van der Waals surface area contributed by atoms with E-state index in [1.165, 1.54) is 17.5 Å². The Morgan fingerprint density at radius 3 is 2.74 bits per heavy atom. The van der Waals surface area contributed by atoms with Crippen LogP contribution in [-0.2, 0) is 14.8 Å². The minimum Gasteiger partial charge on any atom is -0.398 e. The van der Waals surface area contributed by atoms with Gasteiger partial charge in [-0.05, 0) is 31.0 Å². The van der Waals surface area contributed by atoms with Crippen LogP contribution >= 0.6 is 0 Å². The first-order valence-corrected chi connectivity index (χ1v) is 7.46. The molecule has 0 radical (unpaired) electrons. The van der Waals surface area contributed by atoms with Crippen LogP contribution in [0.25, 0.3) is 0 Å². The van der Waals surface area contributed by atoms with Crippen molar-refractivity contribution < 1.29 is 17.5 Å². The average Bonchev–Trinajstić information content (AvgIpc) is 3.17. The monoisotopic (exact) mass is 288 g/mol. The van der Waals surface area contributed by atoms with Gasteiger partial charge in [0.25, 0.3) is 0 Å². The Morgan fingerprint density at radius 1 is 1.47 bits per heavy atom. The first-order valence-electron chi connectivity index (χ1n) is 6.02. The Morgan fingerprint density at radius 2 is 2.16 bits per heavy atom. The zero-order valence-electron chi connectivity index (χ0n) is 10.7. The van der Waals surface area contributed by atoms with Crippen LogP contribution in [0.3, 0.4) is 0 Å². The van der Waals surface area contributed by atoms with Gasteiger partial charge in [-0.1, -0.05) is 0 Å². The van der Waals surface area contributed by atoms with Crippen molar-refractivity contribution in [2.24, 2.45) is 0 Å². The van der Waals surface area contributed by atoms with Crippen LogP contribution < -0.4 is 5.73 Å². The highest BCUT2D eigenvalue weighted by molar-refractivity contribution is 7.89. The molecule has 2 N–H and O–H groups in total. The van der Waals surface area contributed by atoms with Crippen molar-refractivity contribution in [3.8, 4) is 0 Å². The van der Waals surface area contributed by atoms with Crippen LogP contribution in [-0.4, -0.2) is 39.0 Å². The van der Waals surface area contributed by atoms with Crippen LogP contribution in [0, 0.1) is 5.82 Å². The highest BCUT2D eigenvalue weighted by Gasteiger charge is 2.38. The zero-order chi connectivity index (χ0) is 14.0. The molecule has 0 aliphatic heterocycles. The summed E-state index contributed by atoms with van der Waals surface area (Å²) in [5.41, 5.74) is 5.72. The summed E-state index contributed by atoms with van der Waals surface area (Å²) in [6.45, 7) is 0.546. The number of benzene rings is 1. The van der Waals surface area contributed by atoms with E-state index in [0.717, 1.165) is 25.0 Å². The van der Waals surface area contributed by atoms with E-state index in [0.29, 0.717) is 6.61 Å². The van der Waals surface area contributed by atoms with Crippen molar-refractivity contribution in [3.05, 3.63) is 24.0 Å². The van der Waals surface area contributed by atoms with E-state index in [4.69, 9.17) is 10.5 Å². The molecule has 0 saturated heterocycles. The van der Waals surface area contributed by atoms with E-state index in [9.17, 15) is 12.8 Å². The lowest BCUT2D eigenvalue weighted by molar-refractivity contribution is 0.177. The van der Waals surface area contributed by atoms with Gasteiger partial charge in [0, 0.05) is 19.7 Å². The minimum absolute atomic E-state index is 0.0252. The average molecular weight is 288 g/mol. The normalized spacial score (nSPS) is 15.9. The Labute approximate surface area is 112 Å². The second-order valence-corrected chi connectivity index (χ2v) is 6.38. The van der Waals surface area contributed by atoms with Gasteiger partial charge in [0.05, 0.1) is 12.3 Å². The van der Waals surface area contributed by atoms with E-state index >= 15 is 0 Å². The predicted molar refractivity (Wildman–Crippen MR) is 69.6 cm³/mol. The maximum atomic E-state index is 13.2. The number of halogens is 1. The van der Waals surface area contributed by atoms with E-state index < -0.39 is 15.8 Å². The quantitative estimate of drug-likeness (QED) is 0.799. The second kappa shape index (κ2) is 5.44. The molecule has 2 rings (SSSR count). The van der Waals surface area contributed by atoms with Gasteiger partial charge in [-0.3, -0.25) is 0 Å². The van der Waals surface area contributed by atoms with Crippen LogP contribution in [0.4, 0.5) is 10.1 Å². The lowest BCUT2D eigenvalue weighted by Gasteiger charge is -2.22. The van der Waals surface area contributed by atoms with Crippen LogP contribution in [0.15, 0.2) is 23.1 Å². The third-order valence-electron chi connectivity index (χ3n) is 3.03. The standard InChI is InChI=1S/C12H17FN2O3S/c1-18-7-6-15(10-3-4-10)19(16,17)12-8-9(13)2-5-11(12)14/h2,5,8,10H,3-4,6-7,14H2,1H3. The van der Waals surface area contributed by atoms with Gasteiger partial charge in [0.1, 0.15) is 10.7 Å². The Hall–Kier alpha value is -1.18. The van der Waals surface area contributed by atoms with Crippen molar-refractivity contribution in [1.82, 2.24) is 4.31 Å². The van der Waals surface area contributed by atoms with Gasteiger partial charge < -0.3 is 10.5 Å². The molecule has 0 heterocycles. The molecule has 5 nitrogen and oxygen atoms in total. The number of nitrogens with zero attached hydrogens (tertiary/aromatic N) is 1. The summed E-state index contributed by atoms with van der Waals surface area (Å²) >= 11 is 0. The van der Waals surface area contributed by atoms with Gasteiger partial charge in [0.15, 0.2) is 0 Å². The molecule has 1 fully saturated rings. The maximum absolute atomic E-state index is 13.2. The van der Waals surface area contributed by atoms with Crippen LogP contribution in [0.1, 0.15) is 12.8 Å². The fraction of sp³-hybridized carbons (Fsp3) is 0.500. The van der Waals surface area contributed by atoms with Crippen molar-refractivity contribution in [1.29, 1.82) is 0 Å². The molecule has 0 bridgehead atoms. The largest absolute Gasteiger partial charge is 0.398 e. The Balaban J connectivity index is 2.35. The smallest absolute Gasteiger partial charge is 0.245 e. The highest BCUT2D eigenvalue weighted by Crippen LogP contribution is 2.33. The van der Waals surface area contributed by atoms with E-state index in [1.54, 1.807) is 0 Å². The number of hydrogen-bond acceptors (Lipinski definition) is 4. The molecule has 0 spiro atoms. The number of anilines is 1. The lowest BCUT2D eigenvalue weighted by Crippen LogP contribution is -2.36.